The molecule has 1 fully saturated rings. The van der Waals surface area contributed by atoms with Gasteiger partial charge < -0.3 is 9.80 Å². The van der Waals surface area contributed by atoms with Gasteiger partial charge in [0, 0.05) is 52.1 Å². The zero-order valence-corrected chi connectivity index (χ0v) is 19.6. The first kappa shape index (κ1) is 22.5. The van der Waals surface area contributed by atoms with Gasteiger partial charge in [-0.25, -0.2) is 0 Å². The molecule has 1 unspecified atom stereocenters. The van der Waals surface area contributed by atoms with Crippen molar-refractivity contribution in [3.8, 4) is 0 Å². The summed E-state index contributed by atoms with van der Waals surface area (Å²) in [6.07, 6.45) is 1.10. The second kappa shape index (κ2) is 9.86. The summed E-state index contributed by atoms with van der Waals surface area (Å²) in [5, 5.41) is 0. The lowest BCUT2D eigenvalue weighted by molar-refractivity contribution is -0.148. The Morgan fingerprint density at radius 3 is 2.38 bits per heavy atom. The van der Waals surface area contributed by atoms with Crippen molar-refractivity contribution in [2.45, 2.75) is 52.7 Å². The summed E-state index contributed by atoms with van der Waals surface area (Å²) in [6.45, 7) is 10.8. The Labute approximate surface area is 192 Å². The molecule has 0 N–H and O–H groups in total. The van der Waals surface area contributed by atoms with Crippen molar-refractivity contribution in [1.29, 1.82) is 0 Å². The summed E-state index contributed by atoms with van der Waals surface area (Å²) in [5.74, 6) is 0.471. The van der Waals surface area contributed by atoms with Crippen molar-refractivity contribution in [2.75, 3.05) is 26.2 Å². The zero-order valence-electron chi connectivity index (χ0n) is 19.6. The second-order valence-electron chi connectivity index (χ2n) is 9.70. The van der Waals surface area contributed by atoms with Crippen molar-refractivity contribution < 1.29 is 9.59 Å². The van der Waals surface area contributed by atoms with E-state index in [-0.39, 0.29) is 23.8 Å². The maximum atomic E-state index is 13.6. The van der Waals surface area contributed by atoms with Crippen LogP contribution in [-0.4, -0.2) is 58.7 Å². The summed E-state index contributed by atoms with van der Waals surface area (Å²) >= 11 is 0. The molecule has 1 saturated heterocycles. The lowest BCUT2D eigenvalue weighted by Gasteiger charge is -2.41. The number of carbonyl (C=O) groups excluding carboxylic acids is 2. The quantitative estimate of drug-likeness (QED) is 0.723. The van der Waals surface area contributed by atoms with Crippen LogP contribution in [0.4, 0.5) is 0 Å². The molecule has 2 aliphatic rings. The molecule has 5 heteroatoms. The molecule has 2 aromatic rings. The molecule has 2 aliphatic heterocycles. The maximum Gasteiger partial charge on any atom is 0.245 e. The number of fused-ring (bicyclic) bond motifs is 1. The van der Waals surface area contributed by atoms with Crippen molar-refractivity contribution >= 4 is 11.8 Å². The number of benzene rings is 2. The fourth-order valence-corrected chi connectivity index (χ4v) is 4.88. The van der Waals surface area contributed by atoms with E-state index in [2.05, 4.69) is 62.1 Å². The van der Waals surface area contributed by atoms with Gasteiger partial charge in [0.2, 0.25) is 11.8 Å². The van der Waals surface area contributed by atoms with E-state index < -0.39 is 0 Å². The minimum atomic E-state index is -0.389. The van der Waals surface area contributed by atoms with Crippen LogP contribution in [0.1, 0.15) is 42.5 Å². The second-order valence-corrected chi connectivity index (χ2v) is 9.70. The van der Waals surface area contributed by atoms with Crippen LogP contribution in [-0.2, 0) is 29.1 Å². The van der Waals surface area contributed by atoms with Gasteiger partial charge in [0.05, 0.1) is 0 Å². The molecule has 2 amide bonds. The van der Waals surface area contributed by atoms with Crippen LogP contribution in [0, 0.1) is 12.8 Å². The van der Waals surface area contributed by atoms with Crippen molar-refractivity contribution in [3.63, 3.8) is 0 Å². The van der Waals surface area contributed by atoms with Gasteiger partial charge in [0.15, 0.2) is 0 Å². The third-order valence-electron chi connectivity index (χ3n) is 6.61. The van der Waals surface area contributed by atoms with E-state index in [1.165, 1.54) is 16.7 Å². The van der Waals surface area contributed by atoms with E-state index in [0.717, 1.165) is 38.3 Å². The molecule has 0 radical (unpaired) electrons. The van der Waals surface area contributed by atoms with E-state index in [4.69, 9.17) is 0 Å². The van der Waals surface area contributed by atoms with Crippen LogP contribution in [0.3, 0.4) is 0 Å². The molecule has 0 aromatic heterocycles. The van der Waals surface area contributed by atoms with E-state index in [9.17, 15) is 9.59 Å². The molecule has 1 atom stereocenters. The molecule has 0 aliphatic carbocycles. The summed E-state index contributed by atoms with van der Waals surface area (Å²) in [5.41, 5.74) is 4.95. The van der Waals surface area contributed by atoms with Crippen LogP contribution in [0.2, 0.25) is 0 Å². The number of amides is 2. The van der Waals surface area contributed by atoms with Crippen LogP contribution >= 0.6 is 0 Å². The molecular weight excluding hydrogens is 398 g/mol. The number of piperazine rings is 1. The van der Waals surface area contributed by atoms with E-state index in [0.29, 0.717) is 19.4 Å². The molecule has 0 bridgehead atoms. The van der Waals surface area contributed by atoms with Crippen LogP contribution < -0.4 is 0 Å². The molecule has 0 saturated carbocycles. The van der Waals surface area contributed by atoms with E-state index in [1.807, 2.05) is 21.9 Å². The maximum absolute atomic E-state index is 13.6. The monoisotopic (exact) mass is 433 g/mol. The molecule has 0 spiro atoms. The van der Waals surface area contributed by atoms with Gasteiger partial charge in [0.25, 0.3) is 0 Å². The van der Waals surface area contributed by atoms with Gasteiger partial charge in [-0.2, -0.15) is 0 Å². The van der Waals surface area contributed by atoms with Crippen molar-refractivity contribution in [3.05, 3.63) is 70.8 Å². The third kappa shape index (κ3) is 5.21. The Morgan fingerprint density at radius 2 is 1.69 bits per heavy atom. The Bertz CT molecular complexity index is 963. The average molecular weight is 434 g/mol. The number of nitrogens with zero attached hydrogens (tertiary/aromatic N) is 3. The normalized spacial score (nSPS) is 19.2. The standard InChI is InChI=1S/C27H35N3O2/c1-20(2)15-26(31)30-19-24-10-5-4-9-23(24)17-25(30)27(32)29-13-11-28(12-14-29)18-22-8-6-7-21(3)16-22/h4-10,16,20,25H,11-15,17-19H2,1-3H3. The molecule has 170 valence electrons. The van der Waals surface area contributed by atoms with Gasteiger partial charge in [-0.1, -0.05) is 67.9 Å². The number of hydrogen-bond donors (Lipinski definition) is 0. The van der Waals surface area contributed by atoms with E-state index in [1.54, 1.807) is 0 Å². The van der Waals surface area contributed by atoms with Gasteiger partial charge in [-0.3, -0.25) is 14.5 Å². The predicted molar refractivity (Wildman–Crippen MR) is 127 cm³/mol. The Hall–Kier alpha value is -2.66. The van der Waals surface area contributed by atoms with Gasteiger partial charge in [-0.05, 0) is 29.5 Å². The minimum absolute atomic E-state index is 0.0888. The van der Waals surface area contributed by atoms with Gasteiger partial charge >= 0.3 is 0 Å². The summed E-state index contributed by atoms with van der Waals surface area (Å²) in [4.78, 5) is 32.9. The predicted octanol–water partition coefficient (Wildman–Crippen LogP) is 3.64. The lowest BCUT2D eigenvalue weighted by Crippen LogP contribution is -2.57. The highest BCUT2D eigenvalue weighted by Gasteiger charge is 2.37. The van der Waals surface area contributed by atoms with Crippen molar-refractivity contribution in [1.82, 2.24) is 14.7 Å². The fraction of sp³-hybridized carbons (Fsp3) is 0.481. The third-order valence-corrected chi connectivity index (χ3v) is 6.61. The Balaban J connectivity index is 1.43. The molecule has 5 nitrogen and oxygen atoms in total. The molecule has 32 heavy (non-hydrogen) atoms. The molecule has 4 rings (SSSR count). The first-order chi connectivity index (χ1) is 15.4. The first-order valence-corrected chi connectivity index (χ1v) is 11.8. The Kier molecular flexibility index (Phi) is 6.95. The lowest BCUT2D eigenvalue weighted by atomic mass is 9.92. The Morgan fingerprint density at radius 1 is 0.969 bits per heavy atom. The summed E-state index contributed by atoms with van der Waals surface area (Å²) < 4.78 is 0. The molecule has 2 aromatic carbocycles. The van der Waals surface area contributed by atoms with Gasteiger partial charge in [0.1, 0.15) is 6.04 Å². The first-order valence-electron chi connectivity index (χ1n) is 11.8. The smallest absolute Gasteiger partial charge is 0.245 e. The minimum Gasteiger partial charge on any atom is -0.338 e. The van der Waals surface area contributed by atoms with Crippen molar-refractivity contribution in [2.24, 2.45) is 5.92 Å². The average Bonchev–Trinajstić information content (AvgIpc) is 2.78. The highest BCUT2D eigenvalue weighted by molar-refractivity contribution is 5.88. The molecular formula is C27H35N3O2. The molecule has 2 heterocycles. The highest BCUT2D eigenvalue weighted by Crippen LogP contribution is 2.26. The van der Waals surface area contributed by atoms with E-state index >= 15 is 0 Å². The van der Waals surface area contributed by atoms with Crippen LogP contribution in [0.25, 0.3) is 0 Å². The zero-order chi connectivity index (χ0) is 22.7. The topological polar surface area (TPSA) is 43.9 Å². The number of rotatable bonds is 5. The number of carbonyl (C=O) groups is 2. The summed E-state index contributed by atoms with van der Waals surface area (Å²) in [6, 6.07) is 16.4. The van der Waals surface area contributed by atoms with Crippen LogP contribution in [0.15, 0.2) is 48.5 Å². The highest BCUT2D eigenvalue weighted by atomic mass is 16.2. The van der Waals surface area contributed by atoms with Crippen LogP contribution in [0.5, 0.6) is 0 Å². The largest absolute Gasteiger partial charge is 0.338 e. The summed E-state index contributed by atoms with van der Waals surface area (Å²) in [7, 11) is 0. The SMILES string of the molecule is Cc1cccc(CN2CCN(C(=O)C3Cc4ccccc4CN3C(=O)CC(C)C)CC2)c1. The fourth-order valence-electron chi connectivity index (χ4n) is 4.88. The number of aryl methyl sites for hydroxylation is 1. The number of hydrogen-bond acceptors (Lipinski definition) is 3. The van der Waals surface area contributed by atoms with Gasteiger partial charge in [-0.15, -0.1) is 0 Å².